The Kier molecular flexibility index (Phi) is 4.47. The van der Waals surface area contributed by atoms with Crippen molar-refractivity contribution in [2.24, 2.45) is 5.92 Å². The van der Waals surface area contributed by atoms with Crippen molar-refractivity contribution in [3.8, 4) is 0 Å². The lowest BCUT2D eigenvalue weighted by atomic mass is 10.2. The van der Waals surface area contributed by atoms with Crippen molar-refractivity contribution < 1.29 is 13.9 Å². The minimum Gasteiger partial charge on any atom is -0.378 e. The van der Waals surface area contributed by atoms with E-state index >= 15 is 0 Å². The maximum absolute atomic E-state index is 11.5. The molecule has 0 aromatic rings. The number of hydrogen-bond donors (Lipinski definition) is 2. The zero-order chi connectivity index (χ0) is 8.15. The number of nitrogens with one attached hydrogen (secondary N) is 1. The van der Waals surface area contributed by atoms with Crippen molar-refractivity contribution in [2.75, 3.05) is 6.54 Å². The molecule has 0 aliphatic heterocycles. The van der Waals surface area contributed by atoms with Gasteiger partial charge in [0.25, 0.3) is 6.43 Å². The maximum Gasteiger partial charge on any atom is 0.250 e. The molecule has 1 unspecified atom stereocenters. The highest BCUT2D eigenvalue weighted by molar-refractivity contribution is 4.57. The van der Waals surface area contributed by atoms with Crippen LogP contribution in [0.15, 0.2) is 0 Å². The number of aliphatic hydroxyl groups excluding tert-OH is 1. The quantitative estimate of drug-likeness (QED) is 0.586. The molecule has 0 amide bonds. The lowest BCUT2D eigenvalue weighted by Crippen LogP contribution is -2.36. The van der Waals surface area contributed by atoms with Crippen LogP contribution in [0.1, 0.15) is 13.8 Å². The van der Waals surface area contributed by atoms with Gasteiger partial charge in [-0.3, -0.25) is 5.32 Å². The highest BCUT2D eigenvalue weighted by Gasteiger charge is 2.10. The zero-order valence-corrected chi connectivity index (χ0v) is 6.14. The molecule has 0 aromatic carbocycles. The Hall–Kier alpha value is -0.220. The second-order valence-electron chi connectivity index (χ2n) is 2.49. The van der Waals surface area contributed by atoms with Gasteiger partial charge < -0.3 is 5.11 Å². The van der Waals surface area contributed by atoms with Gasteiger partial charge in [0, 0.05) is 0 Å². The molecule has 10 heavy (non-hydrogen) atoms. The van der Waals surface area contributed by atoms with Gasteiger partial charge in [-0.1, -0.05) is 13.8 Å². The van der Waals surface area contributed by atoms with E-state index in [-0.39, 0.29) is 5.92 Å². The summed E-state index contributed by atoms with van der Waals surface area (Å²) in [5.74, 6) is -0.0289. The molecule has 0 saturated heterocycles. The number of halogens is 2. The maximum atomic E-state index is 11.5. The van der Waals surface area contributed by atoms with Gasteiger partial charge >= 0.3 is 0 Å². The van der Waals surface area contributed by atoms with Gasteiger partial charge in [0.15, 0.2) is 0 Å². The minimum atomic E-state index is -2.40. The lowest BCUT2D eigenvalue weighted by Gasteiger charge is -2.15. The summed E-state index contributed by atoms with van der Waals surface area (Å²) in [6.07, 6.45) is -3.22. The molecule has 62 valence electrons. The van der Waals surface area contributed by atoms with Crippen molar-refractivity contribution >= 4 is 0 Å². The smallest absolute Gasteiger partial charge is 0.250 e. The Morgan fingerprint density at radius 3 is 2.20 bits per heavy atom. The topological polar surface area (TPSA) is 32.3 Å². The van der Waals surface area contributed by atoms with Gasteiger partial charge in [-0.2, -0.15) is 0 Å². The monoisotopic (exact) mass is 153 g/mol. The molecule has 0 saturated carbocycles. The van der Waals surface area contributed by atoms with Crippen LogP contribution in [0, 0.1) is 5.92 Å². The molecule has 4 heteroatoms. The second kappa shape index (κ2) is 4.57. The number of hydrogen-bond acceptors (Lipinski definition) is 2. The number of alkyl halides is 2. The van der Waals surface area contributed by atoms with E-state index in [1.54, 1.807) is 13.8 Å². The van der Waals surface area contributed by atoms with E-state index < -0.39 is 19.2 Å². The van der Waals surface area contributed by atoms with Crippen molar-refractivity contribution in [3.63, 3.8) is 0 Å². The molecule has 0 fully saturated rings. The van der Waals surface area contributed by atoms with Crippen molar-refractivity contribution in [2.45, 2.75) is 26.5 Å². The zero-order valence-electron chi connectivity index (χ0n) is 6.14. The average molecular weight is 153 g/mol. The first-order valence-corrected chi connectivity index (χ1v) is 3.23. The summed E-state index contributed by atoms with van der Waals surface area (Å²) < 4.78 is 23.0. The van der Waals surface area contributed by atoms with Crippen molar-refractivity contribution in [1.82, 2.24) is 5.32 Å². The average Bonchev–Trinajstić information content (AvgIpc) is 1.82. The molecule has 0 bridgehead atoms. The molecular weight excluding hydrogens is 140 g/mol. The fraction of sp³-hybridized carbons (Fsp3) is 1.00. The Labute approximate surface area is 59.2 Å². The molecule has 0 aromatic heterocycles. The first-order valence-electron chi connectivity index (χ1n) is 3.23. The molecule has 0 aliphatic rings. The van der Waals surface area contributed by atoms with Gasteiger partial charge in [-0.05, 0) is 5.92 Å². The van der Waals surface area contributed by atoms with Crippen LogP contribution in [0.3, 0.4) is 0 Å². The van der Waals surface area contributed by atoms with Crippen LogP contribution in [-0.2, 0) is 0 Å². The Balaban J connectivity index is 3.30. The van der Waals surface area contributed by atoms with Gasteiger partial charge in [0.2, 0.25) is 0 Å². The molecule has 1 atom stereocenters. The van der Waals surface area contributed by atoms with Crippen LogP contribution >= 0.6 is 0 Å². The highest BCUT2D eigenvalue weighted by atomic mass is 19.3. The molecule has 0 aliphatic carbocycles. The number of rotatable bonds is 4. The van der Waals surface area contributed by atoms with Gasteiger partial charge in [0.05, 0.1) is 6.54 Å². The molecular formula is C6H13F2NO. The second-order valence-corrected chi connectivity index (χ2v) is 2.49. The highest BCUT2D eigenvalue weighted by Crippen LogP contribution is 1.97. The molecule has 2 nitrogen and oxygen atoms in total. The Morgan fingerprint density at radius 1 is 1.40 bits per heavy atom. The summed E-state index contributed by atoms with van der Waals surface area (Å²) in [5, 5.41) is 11.2. The summed E-state index contributed by atoms with van der Waals surface area (Å²) >= 11 is 0. The van der Waals surface area contributed by atoms with E-state index in [1.165, 1.54) is 0 Å². The van der Waals surface area contributed by atoms with Gasteiger partial charge in [-0.15, -0.1) is 0 Å². The van der Waals surface area contributed by atoms with E-state index in [4.69, 9.17) is 5.11 Å². The summed E-state index contributed by atoms with van der Waals surface area (Å²) in [6, 6.07) is 0. The van der Waals surface area contributed by atoms with E-state index in [2.05, 4.69) is 5.32 Å². The van der Waals surface area contributed by atoms with Crippen LogP contribution in [-0.4, -0.2) is 24.3 Å². The largest absolute Gasteiger partial charge is 0.378 e. The van der Waals surface area contributed by atoms with E-state index in [9.17, 15) is 8.78 Å². The third-order valence-corrected chi connectivity index (χ3v) is 1.11. The number of aliphatic hydroxyl groups is 1. The summed E-state index contributed by atoms with van der Waals surface area (Å²) in [4.78, 5) is 0. The predicted molar refractivity (Wildman–Crippen MR) is 34.9 cm³/mol. The molecule has 0 spiro atoms. The minimum absolute atomic E-state index is 0.0289. The third-order valence-electron chi connectivity index (χ3n) is 1.11. The molecule has 2 N–H and O–H groups in total. The Bertz CT molecular complexity index is 87.8. The normalized spacial score (nSPS) is 14.7. The fourth-order valence-electron chi connectivity index (χ4n) is 0.446. The van der Waals surface area contributed by atoms with Crippen LogP contribution in [0.5, 0.6) is 0 Å². The molecule has 0 rings (SSSR count). The summed E-state index contributed by atoms with van der Waals surface area (Å²) in [5.41, 5.74) is 0. The van der Waals surface area contributed by atoms with E-state index in [0.717, 1.165) is 0 Å². The van der Waals surface area contributed by atoms with Crippen molar-refractivity contribution in [3.05, 3.63) is 0 Å². The van der Waals surface area contributed by atoms with Crippen molar-refractivity contribution in [1.29, 1.82) is 0 Å². The first-order chi connectivity index (χ1) is 4.54. The summed E-state index contributed by atoms with van der Waals surface area (Å²) in [6.45, 7) is 3.06. The molecule has 0 radical (unpaired) electrons. The van der Waals surface area contributed by atoms with Gasteiger partial charge in [-0.25, -0.2) is 8.78 Å². The summed E-state index contributed by atoms with van der Waals surface area (Å²) in [7, 11) is 0. The third kappa shape index (κ3) is 4.64. The predicted octanol–water partition coefficient (Wildman–Crippen LogP) is 0.816. The van der Waals surface area contributed by atoms with E-state index in [1.807, 2.05) is 0 Å². The van der Waals surface area contributed by atoms with Crippen LogP contribution in [0.25, 0.3) is 0 Å². The standard InChI is InChI=1S/C6H13F2NO/c1-4(2)6(10)9-3-5(7)8/h4-6,9-10H,3H2,1-2H3. The van der Waals surface area contributed by atoms with Crippen LogP contribution in [0.4, 0.5) is 8.78 Å². The Morgan fingerprint density at radius 2 is 1.90 bits per heavy atom. The fourth-order valence-corrected chi connectivity index (χ4v) is 0.446. The first kappa shape index (κ1) is 9.78. The molecule has 0 heterocycles. The van der Waals surface area contributed by atoms with Crippen LogP contribution < -0.4 is 5.32 Å². The van der Waals surface area contributed by atoms with Gasteiger partial charge in [0.1, 0.15) is 6.23 Å². The van der Waals surface area contributed by atoms with E-state index in [0.29, 0.717) is 0 Å². The lowest BCUT2D eigenvalue weighted by molar-refractivity contribution is 0.0605. The SMILES string of the molecule is CC(C)C(O)NCC(F)F. The van der Waals surface area contributed by atoms with Crippen LogP contribution in [0.2, 0.25) is 0 Å².